The fourth-order valence-corrected chi connectivity index (χ4v) is 2.58. The number of nitrogens with zero attached hydrogens (tertiary/aromatic N) is 2. The molecule has 0 saturated carbocycles. The predicted molar refractivity (Wildman–Crippen MR) is 71.7 cm³/mol. The lowest BCUT2D eigenvalue weighted by atomic mass is 9.87. The molecule has 4 heteroatoms. The van der Waals surface area contributed by atoms with Crippen molar-refractivity contribution in [1.29, 1.82) is 0 Å². The molecule has 100 valence electrons. The Morgan fingerprint density at radius 2 is 2.39 bits per heavy atom. The number of methoxy groups -OCH3 is 1. The van der Waals surface area contributed by atoms with Crippen LogP contribution in [0, 0.1) is 5.92 Å². The molecule has 0 radical (unpaired) electrons. The van der Waals surface area contributed by atoms with Crippen molar-refractivity contribution in [2.45, 2.75) is 32.1 Å². The summed E-state index contributed by atoms with van der Waals surface area (Å²) in [4.78, 5) is 9.16. The summed E-state index contributed by atoms with van der Waals surface area (Å²) in [7, 11) is 3.75. The van der Waals surface area contributed by atoms with Crippen LogP contribution in [0.2, 0.25) is 0 Å². The first kappa shape index (κ1) is 13.4. The summed E-state index contributed by atoms with van der Waals surface area (Å²) in [6.45, 7) is 1.87. The molecule has 0 spiro atoms. The summed E-state index contributed by atoms with van der Waals surface area (Å²) >= 11 is 0. The minimum Gasteiger partial charge on any atom is -0.385 e. The van der Waals surface area contributed by atoms with Gasteiger partial charge in [-0.1, -0.05) is 0 Å². The van der Waals surface area contributed by atoms with Crippen molar-refractivity contribution < 1.29 is 4.74 Å². The first-order chi connectivity index (χ1) is 8.83. The van der Waals surface area contributed by atoms with Crippen LogP contribution < -0.4 is 5.32 Å². The van der Waals surface area contributed by atoms with E-state index in [2.05, 4.69) is 10.3 Å². The highest BCUT2D eigenvalue weighted by molar-refractivity contribution is 5.21. The molecule has 1 unspecified atom stereocenters. The van der Waals surface area contributed by atoms with E-state index in [1.807, 2.05) is 13.2 Å². The van der Waals surface area contributed by atoms with Gasteiger partial charge in [-0.05, 0) is 50.8 Å². The molecule has 1 heterocycles. The maximum absolute atomic E-state index is 5.05. The first-order valence-corrected chi connectivity index (χ1v) is 6.80. The van der Waals surface area contributed by atoms with Crippen LogP contribution in [0.4, 0.5) is 0 Å². The SMILES string of the molecule is CNCC1CCc2nc(CCCOC)ncc2C1. The Kier molecular flexibility index (Phi) is 5.08. The maximum atomic E-state index is 5.05. The van der Waals surface area contributed by atoms with Gasteiger partial charge >= 0.3 is 0 Å². The zero-order valence-corrected chi connectivity index (χ0v) is 11.4. The quantitative estimate of drug-likeness (QED) is 0.774. The van der Waals surface area contributed by atoms with Crippen molar-refractivity contribution >= 4 is 0 Å². The third kappa shape index (κ3) is 3.50. The molecule has 0 saturated heterocycles. The van der Waals surface area contributed by atoms with Crippen LogP contribution in [0.15, 0.2) is 6.20 Å². The Balaban J connectivity index is 1.96. The molecule has 0 bridgehead atoms. The van der Waals surface area contributed by atoms with E-state index >= 15 is 0 Å². The Hall–Kier alpha value is -1.00. The lowest BCUT2D eigenvalue weighted by Gasteiger charge is -2.23. The van der Waals surface area contributed by atoms with Gasteiger partial charge in [0.2, 0.25) is 0 Å². The second-order valence-corrected chi connectivity index (χ2v) is 5.02. The van der Waals surface area contributed by atoms with Crippen LogP contribution in [-0.2, 0) is 24.0 Å². The normalized spacial score (nSPS) is 18.7. The van der Waals surface area contributed by atoms with Crippen LogP contribution >= 0.6 is 0 Å². The fraction of sp³-hybridized carbons (Fsp3) is 0.714. The van der Waals surface area contributed by atoms with Crippen molar-refractivity contribution in [2.75, 3.05) is 27.3 Å². The molecule has 1 aromatic heterocycles. The molecule has 1 atom stereocenters. The van der Waals surface area contributed by atoms with Gasteiger partial charge in [0, 0.05) is 32.0 Å². The second kappa shape index (κ2) is 6.81. The van der Waals surface area contributed by atoms with Crippen LogP contribution in [0.1, 0.15) is 29.9 Å². The molecule has 1 aromatic rings. The van der Waals surface area contributed by atoms with E-state index < -0.39 is 0 Å². The van der Waals surface area contributed by atoms with Crippen LogP contribution in [-0.4, -0.2) is 37.3 Å². The van der Waals surface area contributed by atoms with Crippen molar-refractivity contribution in [3.8, 4) is 0 Å². The van der Waals surface area contributed by atoms with E-state index in [0.717, 1.165) is 50.6 Å². The minimum atomic E-state index is 0.741. The fourth-order valence-electron chi connectivity index (χ4n) is 2.58. The number of ether oxygens (including phenoxy) is 1. The van der Waals surface area contributed by atoms with Crippen molar-refractivity contribution in [3.05, 3.63) is 23.3 Å². The number of hydrogen-bond donors (Lipinski definition) is 1. The largest absolute Gasteiger partial charge is 0.385 e. The summed E-state index contributed by atoms with van der Waals surface area (Å²) < 4.78 is 5.05. The minimum absolute atomic E-state index is 0.741. The van der Waals surface area contributed by atoms with Crippen molar-refractivity contribution in [2.24, 2.45) is 5.92 Å². The average Bonchev–Trinajstić information content (AvgIpc) is 2.39. The van der Waals surface area contributed by atoms with Gasteiger partial charge in [-0.3, -0.25) is 0 Å². The summed E-state index contributed by atoms with van der Waals surface area (Å²) in [6.07, 6.45) is 7.41. The molecule has 4 nitrogen and oxygen atoms in total. The van der Waals surface area contributed by atoms with Crippen LogP contribution in [0.3, 0.4) is 0 Å². The standard InChI is InChI=1S/C14H23N3O/c1-15-9-11-5-6-13-12(8-11)10-16-14(17-13)4-3-7-18-2/h10-11,15H,3-9H2,1-2H3. The Morgan fingerprint density at radius 3 is 3.17 bits per heavy atom. The van der Waals surface area contributed by atoms with Gasteiger partial charge in [-0.25, -0.2) is 9.97 Å². The van der Waals surface area contributed by atoms with Gasteiger partial charge in [-0.2, -0.15) is 0 Å². The summed E-state index contributed by atoms with van der Waals surface area (Å²) in [5, 5.41) is 3.26. The monoisotopic (exact) mass is 249 g/mol. The van der Waals surface area contributed by atoms with Crippen LogP contribution in [0.5, 0.6) is 0 Å². The molecule has 0 fully saturated rings. The third-order valence-electron chi connectivity index (χ3n) is 3.54. The van der Waals surface area contributed by atoms with Gasteiger partial charge in [0.15, 0.2) is 0 Å². The molecule has 0 amide bonds. The van der Waals surface area contributed by atoms with E-state index in [1.54, 1.807) is 7.11 Å². The highest BCUT2D eigenvalue weighted by Gasteiger charge is 2.19. The topological polar surface area (TPSA) is 47.0 Å². The van der Waals surface area contributed by atoms with Gasteiger partial charge in [-0.15, -0.1) is 0 Å². The van der Waals surface area contributed by atoms with Gasteiger partial charge in [0.25, 0.3) is 0 Å². The Morgan fingerprint density at radius 1 is 1.50 bits per heavy atom. The Bertz CT molecular complexity index is 381. The van der Waals surface area contributed by atoms with E-state index in [1.165, 1.54) is 17.7 Å². The number of hydrogen-bond acceptors (Lipinski definition) is 4. The highest BCUT2D eigenvalue weighted by Crippen LogP contribution is 2.23. The maximum Gasteiger partial charge on any atom is 0.128 e. The first-order valence-electron chi connectivity index (χ1n) is 6.80. The van der Waals surface area contributed by atoms with Crippen molar-refractivity contribution in [3.63, 3.8) is 0 Å². The molecule has 1 aliphatic carbocycles. The van der Waals surface area contributed by atoms with E-state index in [0.29, 0.717) is 0 Å². The molecule has 0 aromatic carbocycles. The highest BCUT2D eigenvalue weighted by atomic mass is 16.5. The van der Waals surface area contributed by atoms with E-state index in [4.69, 9.17) is 9.72 Å². The van der Waals surface area contributed by atoms with E-state index in [9.17, 15) is 0 Å². The van der Waals surface area contributed by atoms with Gasteiger partial charge in [0.05, 0.1) is 0 Å². The molecule has 0 aliphatic heterocycles. The van der Waals surface area contributed by atoms with Gasteiger partial charge < -0.3 is 10.1 Å². The zero-order chi connectivity index (χ0) is 12.8. The predicted octanol–water partition coefficient (Wildman–Crippen LogP) is 1.38. The van der Waals surface area contributed by atoms with E-state index in [-0.39, 0.29) is 0 Å². The number of rotatable bonds is 6. The van der Waals surface area contributed by atoms with Crippen LogP contribution in [0.25, 0.3) is 0 Å². The molecular formula is C14H23N3O. The molecule has 18 heavy (non-hydrogen) atoms. The number of aromatic nitrogens is 2. The molecule has 1 N–H and O–H groups in total. The molecule has 1 aliphatic rings. The summed E-state index contributed by atoms with van der Waals surface area (Å²) in [5.74, 6) is 1.71. The summed E-state index contributed by atoms with van der Waals surface area (Å²) in [5.41, 5.74) is 2.61. The lowest BCUT2D eigenvalue weighted by Crippen LogP contribution is -2.25. The number of aryl methyl sites for hydroxylation is 2. The summed E-state index contributed by atoms with van der Waals surface area (Å²) in [6, 6.07) is 0. The third-order valence-corrected chi connectivity index (χ3v) is 3.54. The molecular weight excluding hydrogens is 226 g/mol. The Labute approximate surface area is 109 Å². The lowest BCUT2D eigenvalue weighted by molar-refractivity contribution is 0.194. The number of nitrogens with one attached hydrogen (secondary N) is 1. The van der Waals surface area contributed by atoms with Crippen molar-refractivity contribution in [1.82, 2.24) is 15.3 Å². The molecule has 2 rings (SSSR count). The smallest absolute Gasteiger partial charge is 0.128 e. The van der Waals surface area contributed by atoms with Gasteiger partial charge in [0.1, 0.15) is 5.82 Å². The second-order valence-electron chi connectivity index (χ2n) is 5.02. The zero-order valence-electron chi connectivity index (χ0n) is 11.4. The average molecular weight is 249 g/mol. The number of fused-ring (bicyclic) bond motifs is 1.